The minimum absolute atomic E-state index is 0.0196. The number of hydrogen-bond acceptors (Lipinski definition) is 3. The highest BCUT2D eigenvalue weighted by molar-refractivity contribution is 6.30. The third-order valence-corrected chi connectivity index (χ3v) is 7.70. The lowest BCUT2D eigenvalue weighted by Crippen LogP contribution is -2.37. The van der Waals surface area contributed by atoms with Gasteiger partial charge in [0.05, 0.1) is 5.60 Å². The number of carboxylic acid groups (broad SMARTS) is 1. The first-order valence-corrected chi connectivity index (χ1v) is 13.5. The van der Waals surface area contributed by atoms with Crippen LogP contribution < -0.4 is 0 Å². The van der Waals surface area contributed by atoms with Gasteiger partial charge in [0.1, 0.15) is 5.60 Å². The summed E-state index contributed by atoms with van der Waals surface area (Å²) in [5, 5.41) is 21.9. The summed E-state index contributed by atoms with van der Waals surface area (Å²) in [5.74, 6) is 5.36. The molecule has 0 aliphatic heterocycles. The predicted octanol–water partition coefficient (Wildman–Crippen LogP) is 7.14. The highest BCUT2D eigenvalue weighted by atomic mass is 35.5. The van der Waals surface area contributed by atoms with Crippen LogP contribution >= 0.6 is 11.6 Å². The lowest BCUT2D eigenvalue weighted by Gasteiger charge is -2.39. The molecule has 4 rings (SSSR count). The Kier molecular flexibility index (Phi) is 7.91. The fourth-order valence-electron chi connectivity index (χ4n) is 5.68. The summed E-state index contributed by atoms with van der Waals surface area (Å²) in [4.78, 5) is 12.6. The Bertz CT molecular complexity index is 1240. The average molecular weight is 521 g/mol. The van der Waals surface area contributed by atoms with E-state index >= 15 is 0 Å². The van der Waals surface area contributed by atoms with Gasteiger partial charge in [-0.15, -0.1) is 0 Å². The van der Waals surface area contributed by atoms with Gasteiger partial charge < -0.3 is 14.9 Å². The highest BCUT2D eigenvalue weighted by Crippen LogP contribution is 2.49. The second kappa shape index (κ2) is 10.7. The lowest BCUT2D eigenvalue weighted by molar-refractivity contribution is -0.155. The van der Waals surface area contributed by atoms with Crippen LogP contribution in [-0.4, -0.2) is 33.5 Å². The minimum atomic E-state index is -1.13. The van der Waals surface area contributed by atoms with E-state index in [1.807, 2.05) is 58.0 Å². The second-order valence-corrected chi connectivity index (χ2v) is 11.9. The topological polar surface area (TPSA) is 66.8 Å². The van der Waals surface area contributed by atoms with Crippen molar-refractivity contribution < 1.29 is 19.7 Å². The Morgan fingerprint density at radius 2 is 1.78 bits per heavy atom. The van der Waals surface area contributed by atoms with Crippen molar-refractivity contribution in [2.45, 2.75) is 84.0 Å². The number of aliphatic carboxylic acids is 1. The van der Waals surface area contributed by atoms with Crippen molar-refractivity contribution in [2.24, 2.45) is 11.8 Å². The maximum atomic E-state index is 12.6. The van der Waals surface area contributed by atoms with Crippen molar-refractivity contribution in [2.75, 3.05) is 0 Å². The number of ether oxygens (including phenoxy) is 1. The molecule has 1 saturated carbocycles. The summed E-state index contributed by atoms with van der Waals surface area (Å²) in [6.07, 6.45) is 9.62. The van der Waals surface area contributed by atoms with E-state index in [1.165, 1.54) is 0 Å². The number of fused-ring (bicyclic) bond motifs is 1. The largest absolute Gasteiger partial charge is 0.479 e. The summed E-state index contributed by atoms with van der Waals surface area (Å²) in [5.41, 5.74) is 3.86. The van der Waals surface area contributed by atoms with Crippen LogP contribution in [0.5, 0.6) is 0 Å². The average Bonchev–Trinajstić information content (AvgIpc) is 2.82. The third-order valence-electron chi connectivity index (χ3n) is 7.45. The molecule has 3 aliphatic rings. The minimum Gasteiger partial charge on any atom is -0.479 e. The van der Waals surface area contributed by atoms with E-state index < -0.39 is 23.3 Å². The van der Waals surface area contributed by atoms with Gasteiger partial charge in [0.25, 0.3) is 0 Å². The summed E-state index contributed by atoms with van der Waals surface area (Å²) in [6.45, 7) is 9.69. The van der Waals surface area contributed by atoms with Crippen LogP contribution in [-0.2, 0) is 9.53 Å². The maximum Gasteiger partial charge on any atom is 0.337 e. The summed E-state index contributed by atoms with van der Waals surface area (Å²) in [6, 6.07) is 7.57. The smallest absolute Gasteiger partial charge is 0.337 e. The zero-order chi connectivity index (χ0) is 27.0. The molecule has 0 radical (unpaired) electrons. The molecule has 0 spiro atoms. The molecule has 0 amide bonds. The first kappa shape index (κ1) is 27.5. The fraction of sp³-hybridized carbons (Fsp3) is 0.469. The molecule has 1 fully saturated rings. The van der Waals surface area contributed by atoms with Gasteiger partial charge in [0, 0.05) is 16.5 Å². The molecule has 0 saturated heterocycles. The van der Waals surface area contributed by atoms with E-state index in [0.717, 1.165) is 47.1 Å². The van der Waals surface area contributed by atoms with E-state index in [4.69, 9.17) is 16.3 Å². The van der Waals surface area contributed by atoms with Crippen LogP contribution in [0.25, 0.3) is 5.57 Å². The van der Waals surface area contributed by atoms with Crippen LogP contribution in [0.15, 0.2) is 64.8 Å². The number of hydrogen-bond donors (Lipinski definition) is 2. The molecule has 1 aromatic rings. The Morgan fingerprint density at radius 1 is 1.14 bits per heavy atom. The van der Waals surface area contributed by atoms with Gasteiger partial charge in [0.15, 0.2) is 6.10 Å². The zero-order valence-electron chi connectivity index (χ0n) is 22.4. The van der Waals surface area contributed by atoms with Gasteiger partial charge in [-0.3, -0.25) is 0 Å². The summed E-state index contributed by atoms with van der Waals surface area (Å²) < 4.78 is 6.15. The van der Waals surface area contributed by atoms with Crippen LogP contribution in [0.3, 0.4) is 0 Å². The van der Waals surface area contributed by atoms with E-state index in [9.17, 15) is 15.0 Å². The molecule has 3 unspecified atom stereocenters. The van der Waals surface area contributed by atoms with E-state index in [0.29, 0.717) is 23.4 Å². The maximum absolute atomic E-state index is 12.6. The number of benzene rings is 1. The first-order valence-electron chi connectivity index (χ1n) is 13.2. The highest BCUT2D eigenvalue weighted by Gasteiger charge is 2.40. The Balaban J connectivity index is 1.86. The lowest BCUT2D eigenvalue weighted by atomic mass is 9.66. The number of rotatable bonds is 4. The van der Waals surface area contributed by atoms with E-state index in [-0.39, 0.29) is 11.8 Å². The predicted molar refractivity (Wildman–Crippen MR) is 149 cm³/mol. The number of carboxylic acids is 1. The Labute approximate surface area is 225 Å². The summed E-state index contributed by atoms with van der Waals surface area (Å²) in [7, 11) is 0. The van der Waals surface area contributed by atoms with Crippen molar-refractivity contribution in [1.82, 2.24) is 0 Å². The third kappa shape index (κ3) is 6.12. The second-order valence-electron chi connectivity index (χ2n) is 11.5. The molecule has 3 atom stereocenters. The van der Waals surface area contributed by atoms with E-state index in [1.54, 1.807) is 0 Å². The van der Waals surface area contributed by atoms with Gasteiger partial charge in [0.2, 0.25) is 0 Å². The van der Waals surface area contributed by atoms with Gasteiger partial charge in [-0.05, 0) is 99.3 Å². The number of allylic oxidation sites excluding steroid dienone is 6. The van der Waals surface area contributed by atoms with Crippen LogP contribution in [0, 0.1) is 23.7 Å². The molecular weight excluding hydrogens is 484 g/mol. The van der Waals surface area contributed by atoms with Crippen molar-refractivity contribution in [3.8, 4) is 11.8 Å². The number of halogens is 1. The van der Waals surface area contributed by atoms with Gasteiger partial charge in [-0.25, -0.2) is 4.79 Å². The molecule has 4 nitrogen and oxygen atoms in total. The molecule has 2 N–H and O–H groups in total. The molecule has 0 bridgehead atoms. The molecule has 3 aliphatic carbocycles. The molecule has 0 aromatic heterocycles. The molecule has 37 heavy (non-hydrogen) atoms. The Morgan fingerprint density at radius 3 is 2.38 bits per heavy atom. The van der Waals surface area contributed by atoms with Crippen molar-refractivity contribution in [3.63, 3.8) is 0 Å². The monoisotopic (exact) mass is 520 g/mol. The van der Waals surface area contributed by atoms with Crippen molar-refractivity contribution >= 4 is 23.1 Å². The standard InChI is InChI=1S/C32H37ClO4/c1-20-19-24-10-9-22(15-18-32(36)16-7-6-8-17-32)21(2)27(24)28(23-11-13-25(33)14-12-23)26(20)29(30(34)35)37-31(3,4)5/h9-14,19,21,27,29,36H,6-8,16-17H2,1-5H3,(H,34,35). The Hall–Kier alpha value is -2.58. The van der Waals surface area contributed by atoms with Crippen molar-refractivity contribution in [1.29, 1.82) is 0 Å². The quantitative estimate of drug-likeness (QED) is 0.414. The number of aliphatic hydroxyl groups is 1. The number of carbonyl (C=O) groups is 1. The van der Waals surface area contributed by atoms with Gasteiger partial charge in [-0.2, -0.15) is 0 Å². The molecule has 5 heteroatoms. The van der Waals surface area contributed by atoms with Crippen LogP contribution in [0.1, 0.15) is 72.3 Å². The molecular formula is C32H37ClO4. The molecule has 0 heterocycles. The first-order chi connectivity index (χ1) is 17.4. The SMILES string of the molecule is CC1=CC2=CC=C(C#CC3(O)CCCCC3)C(C)C2C(c2ccc(Cl)cc2)=C1C(OC(C)(C)C)C(=O)O. The fourth-order valence-corrected chi connectivity index (χ4v) is 5.80. The van der Waals surface area contributed by atoms with Crippen LogP contribution in [0.2, 0.25) is 5.02 Å². The van der Waals surface area contributed by atoms with E-state index in [2.05, 4.69) is 30.9 Å². The summed E-state index contributed by atoms with van der Waals surface area (Å²) >= 11 is 6.22. The molecule has 196 valence electrons. The zero-order valence-corrected chi connectivity index (χ0v) is 23.2. The van der Waals surface area contributed by atoms with Gasteiger partial charge >= 0.3 is 5.97 Å². The molecule has 1 aromatic carbocycles. The van der Waals surface area contributed by atoms with Gasteiger partial charge in [-0.1, -0.05) is 67.1 Å². The van der Waals surface area contributed by atoms with Crippen LogP contribution in [0.4, 0.5) is 0 Å². The van der Waals surface area contributed by atoms with Crippen molar-refractivity contribution in [3.05, 3.63) is 75.4 Å². The normalized spacial score (nSPS) is 24.1.